The van der Waals surface area contributed by atoms with E-state index in [-0.39, 0.29) is 0 Å². The molecule has 0 saturated heterocycles. The Morgan fingerprint density at radius 2 is 2.06 bits per heavy atom. The summed E-state index contributed by atoms with van der Waals surface area (Å²) in [7, 11) is 3.42. The number of nitrogens with zero attached hydrogens (tertiary/aromatic N) is 2. The lowest BCUT2D eigenvalue weighted by atomic mass is 10.4. The van der Waals surface area contributed by atoms with Crippen molar-refractivity contribution in [2.24, 2.45) is 0 Å². The Bertz CT molecular complexity index is 309. The van der Waals surface area contributed by atoms with E-state index >= 15 is 0 Å². The highest BCUT2D eigenvalue weighted by Crippen LogP contribution is 2.21. The molecule has 1 aromatic rings. The Morgan fingerprint density at radius 1 is 1.29 bits per heavy atom. The van der Waals surface area contributed by atoms with Crippen LogP contribution in [0.25, 0.3) is 0 Å². The summed E-state index contributed by atoms with van der Waals surface area (Å²) < 4.78 is 10.2. The average Bonchev–Trinajstić information content (AvgIpc) is 2.82. The lowest BCUT2D eigenvalue weighted by molar-refractivity contribution is 0.191. The van der Waals surface area contributed by atoms with Crippen molar-refractivity contribution in [2.45, 2.75) is 12.3 Å². The van der Waals surface area contributed by atoms with Gasteiger partial charge in [-0.2, -0.15) is 0 Å². The van der Waals surface area contributed by atoms with E-state index in [0.717, 1.165) is 36.9 Å². The summed E-state index contributed by atoms with van der Waals surface area (Å²) in [6.45, 7) is 3.22. The van der Waals surface area contributed by atoms with Gasteiger partial charge in [-0.3, -0.25) is 0 Å². The monoisotopic (exact) mass is 278 g/mol. The van der Waals surface area contributed by atoms with E-state index in [9.17, 15) is 0 Å². The third-order valence-corrected chi connectivity index (χ3v) is 3.51. The summed E-state index contributed by atoms with van der Waals surface area (Å²) in [6, 6.07) is 0. The molecule has 0 aromatic carbocycles. The van der Waals surface area contributed by atoms with Crippen LogP contribution in [0.2, 0.25) is 0 Å². The van der Waals surface area contributed by atoms with Crippen LogP contribution in [0.15, 0.2) is 5.38 Å². The summed E-state index contributed by atoms with van der Waals surface area (Å²) in [4.78, 5) is 6.69. The number of aromatic nitrogens is 1. The highest BCUT2D eigenvalue weighted by atomic mass is 35.5. The fourth-order valence-corrected chi connectivity index (χ4v) is 2.51. The van der Waals surface area contributed by atoms with Gasteiger partial charge in [0.25, 0.3) is 0 Å². The number of rotatable bonds is 9. The van der Waals surface area contributed by atoms with Crippen LogP contribution < -0.4 is 4.90 Å². The summed E-state index contributed by atoms with van der Waals surface area (Å²) in [6.07, 6.45) is 0.982. The molecular formula is C11H19ClN2O2S. The molecule has 0 aliphatic rings. The zero-order valence-electron chi connectivity index (χ0n) is 10.3. The van der Waals surface area contributed by atoms with Crippen LogP contribution in [-0.2, 0) is 15.4 Å². The van der Waals surface area contributed by atoms with Crippen LogP contribution in [0.1, 0.15) is 12.1 Å². The van der Waals surface area contributed by atoms with Gasteiger partial charge in [0, 0.05) is 39.3 Å². The fraction of sp³-hybridized carbons (Fsp3) is 0.727. The molecule has 0 amide bonds. The number of halogens is 1. The maximum Gasteiger partial charge on any atom is 0.185 e. The van der Waals surface area contributed by atoms with Gasteiger partial charge in [0.05, 0.1) is 18.2 Å². The molecule has 1 aromatic heterocycles. The minimum Gasteiger partial charge on any atom is -0.385 e. The smallest absolute Gasteiger partial charge is 0.185 e. The largest absolute Gasteiger partial charge is 0.385 e. The molecular weight excluding hydrogens is 260 g/mol. The molecule has 1 heterocycles. The maximum absolute atomic E-state index is 5.76. The summed E-state index contributed by atoms with van der Waals surface area (Å²) in [5.74, 6) is 0.465. The average molecular weight is 279 g/mol. The lowest BCUT2D eigenvalue weighted by Gasteiger charge is -2.21. The molecule has 0 fully saturated rings. The van der Waals surface area contributed by atoms with Gasteiger partial charge in [0.15, 0.2) is 5.13 Å². The normalized spacial score (nSPS) is 10.8. The van der Waals surface area contributed by atoms with E-state index in [1.54, 1.807) is 25.6 Å². The van der Waals surface area contributed by atoms with Crippen molar-refractivity contribution in [1.29, 1.82) is 0 Å². The minimum atomic E-state index is 0.465. The predicted octanol–water partition coefficient (Wildman–Crippen LogP) is 2.37. The van der Waals surface area contributed by atoms with E-state index in [1.165, 1.54) is 0 Å². The van der Waals surface area contributed by atoms with E-state index in [2.05, 4.69) is 9.88 Å². The van der Waals surface area contributed by atoms with Crippen molar-refractivity contribution in [3.8, 4) is 0 Å². The molecule has 0 saturated carbocycles. The van der Waals surface area contributed by atoms with E-state index in [1.807, 2.05) is 5.38 Å². The fourth-order valence-electron chi connectivity index (χ4n) is 1.41. The molecule has 6 heteroatoms. The number of alkyl halides is 1. The van der Waals surface area contributed by atoms with Crippen LogP contribution in [0.4, 0.5) is 5.13 Å². The molecule has 0 aliphatic heterocycles. The van der Waals surface area contributed by atoms with E-state index < -0.39 is 0 Å². The highest BCUT2D eigenvalue weighted by molar-refractivity contribution is 7.13. The van der Waals surface area contributed by atoms with Crippen molar-refractivity contribution in [2.75, 3.05) is 45.4 Å². The maximum atomic E-state index is 5.76. The third-order valence-electron chi connectivity index (χ3n) is 2.29. The number of anilines is 1. The molecule has 98 valence electrons. The molecule has 0 spiro atoms. The van der Waals surface area contributed by atoms with Crippen molar-refractivity contribution in [3.05, 3.63) is 11.1 Å². The molecule has 17 heavy (non-hydrogen) atoms. The Morgan fingerprint density at radius 3 is 2.65 bits per heavy atom. The van der Waals surface area contributed by atoms with Crippen molar-refractivity contribution in [1.82, 2.24) is 4.98 Å². The van der Waals surface area contributed by atoms with Gasteiger partial charge in [0.2, 0.25) is 0 Å². The van der Waals surface area contributed by atoms with Gasteiger partial charge in [-0.05, 0) is 6.42 Å². The highest BCUT2D eigenvalue weighted by Gasteiger charge is 2.10. The van der Waals surface area contributed by atoms with Gasteiger partial charge in [-0.25, -0.2) is 4.98 Å². The number of methoxy groups -OCH3 is 2. The Balaban J connectivity index is 2.54. The second-order valence-corrected chi connectivity index (χ2v) is 4.69. The van der Waals surface area contributed by atoms with Gasteiger partial charge in [0.1, 0.15) is 0 Å². The second-order valence-electron chi connectivity index (χ2n) is 3.58. The first-order chi connectivity index (χ1) is 8.31. The Kier molecular flexibility index (Phi) is 7.51. The number of thiazole rings is 1. The summed E-state index contributed by atoms with van der Waals surface area (Å²) in [5, 5.41) is 3.01. The van der Waals surface area contributed by atoms with Crippen LogP contribution in [0.3, 0.4) is 0 Å². The van der Waals surface area contributed by atoms with Gasteiger partial charge in [-0.1, -0.05) is 0 Å². The number of hydrogen-bond acceptors (Lipinski definition) is 5. The number of hydrogen-bond donors (Lipinski definition) is 0. The quantitative estimate of drug-likeness (QED) is 0.513. The Hall–Kier alpha value is -0.360. The third kappa shape index (κ3) is 5.21. The van der Waals surface area contributed by atoms with Gasteiger partial charge < -0.3 is 14.4 Å². The van der Waals surface area contributed by atoms with Crippen LogP contribution >= 0.6 is 22.9 Å². The Labute approximate surface area is 112 Å². The van der Waals surface area contributed by atoms with Gasteiger partial charge in [-0.15, -0.1) is 22.9 Å². The van der Waals surface area contributed by atoms with Gasteiger partial charge >= 0.3 is 0 Å². The molecule has 0 atom stereocenters. The summed E-state index contributed by atoms with van der Waals surface area (Å²) >= 11 is 7.38. The zero-order valence-corrected chi connectivity index (χ0v) is 11.9. The minimum absolute atomic E-state index is 0.465. The van der Waals surface area contributed by atoms with E-state index in [4.69, 9.17) is 21.1 Å². The van der Waals surface area contributed by atoms with Crippen LogP contribution in [0, 0.1) is 0 Å². The first kappa shape index (κ1) is 14.7. The first-order valence-electron chi connectivity index (χ1n) is 5.55. The molecule has 0 N–H and O–H groups in total. The van der Waals surface area contributed by atoms with Crippen molar-refractivity contribution >= 4 is 28.1 Å². The molecule has 0 bridgehead atoms. The van der Waals surface area contributed by atoms with Crippen LogP contribution in [0.5, 0.6) is 0 Å². The second kappa shape index (κ2) is 8.69. The number of ether oxygens (including phenoxy) is 2. The molecule has 1 rings (SSSR count). The summed E-state index contributed by atoms with van der Waals surface area (Å²) in [5.41, 5.74) is 0.931. The zero-order chi connectivity index (χ0) is 12.5. The van der Waals surface area contributed by atoms with E-state index in [0.29, 0.717) is 12.5 Å². The lowest BCUT2D eigenvalue weighted by Crippen LogP contribution is -2.28. The predicted molar refractivity (Wildman–Crippen MR) is 72.3 cm³/mol. The molecule has 0 aliphatic carbocycles. The van der Waals surface area contributed by atoms with Crippen molar-refractivity contribution < 1.29 is 9.47 Å². The molecule has 4 nitrogen and oxygen atoms in total. The standard InChI is InChI=1S/C11H19ClN2O2S/c1-15-6-3-4-14(5-7-16-2)11-13-10(8-12)9-17-11/h9H,3-8H2,1-2H3. The first-order valence-corrected chi connectivity index (χ1v) is 6.96. The molecule has 0 radical (unpaired) electrons. The topological polar surface area (TPSA) is 34.6 Å². The van der Waals surface area contributed by atoms with Crippen LogP contribution in [-0.4, -0.2) is 45.5 Å². The molecule has 0 unspecified atom stereocenters. The van der Waals surface area contributed by atoms with Crippen molar-refractivity contribution in [3.63, 3.8) is 0 Å². The SMILES string of the molecule is COCCCN(CCOC)c1nc(CCl)cs1.